The van der Waals surface area contributed by atoms with Gasteiger partial charge in [-0.15, -0.1) is 0 Å². The van der Waals surface area contributed by atoms with E-state index in [-0.39, 0.29) is 12.0 Å². The Kier molecular flexibility index (Phi) is 4.54. The molecule has 138 valence electrons. The van der Waals surface area contributed by atoms with Crippen LogP contribution in [-0.4, -0.2) is 46.9 Å². The predicted molar refractivity (Wildman–Crippen MR) is 102 cm³/mol. The van der Waals surface area contributed by atoms with Gasteiger partial charge in [-0.2, -0.15) is 5.10 Å². The van der Waals surface area contributed by atoms with Gasteiger partial charge in [0.1, 0.15) is 23.3 Å². The number of nitrogens with zero attached hydrogens (tertiary/aromatic N) is 3. The van der Waals surface area contributed by atoms with Gasteiger partial charge in [0.25, 0.3) is 5.91 Å². The lowest BCUT2D eigenvalue weighted by molar-refractivity contribution is 0.0177. The van der Waals surface area contributed by atoms with Crippen LogP contribution in [0, 0.1) is 6.92 Å². The average molecular weight is 363 g/mol. The maximum Gasteiger partial charge on any atom is 0.257 e. The first kappa shape index (κ1) is 17.1. The van der Waals surface area contributed by atoms with Crippen LogP contribution in [0.4, 0.5) is 0 Å². The van der Waals surface area contributed by atoms with Crippen LogP contribution in [0.2, 0.25) is 0 Å². The Bertz CT molecular complexity index is 961. The van der Waals surface area contributed by atoms with Gasteiger partial charge in [-0.3, -0.25) is 4.79 Å². The first-order chi connectivity index (χ1) is 13.1. The first-order valence-corrected chi connectivity index (χ1v) is 8.84. The molecule has 0 saturated carbocycles. The van der Waals surface area contributed by atoms with E-state index in [0.717, 1.165) is 17.0 Å². The third-order valence-electron chi connectivity index (χ3n) is 4.59. The second-order valence-electron chi connectivity index (χ2n) is 6.61. The van der Waals surface area contributed by atoms with Crippen molar-refractivity contribution in [1.29, 1.82) is 0 Å². The number of likely N-dealkylation sites (tertiary alicyclic amines) is 1. The largest absolute Gasteiger partial charge is 0.494 e. The summed E-state index contributed by atoms with van der Waals surface area (Å²) in [5.41, 5.74) is 2.50. The normalized spacial score (nSPS) is 13.9. The third kappa shape index (κ3) is 3.51. The second kappa shape index (κ2) is 7.15. The Morgan fingerprint density at radius 2 is 1.96 bits per heavy atom. The van der Waals surface area contributed by atoms with Crippen LogP contribution in [-0.2, 0) is 0 Å². The molecule has 0 radical (unpaired) electrons. The van der Waals surface area contributed by atoms with E-state index in [4.69, 9.17) is 9.47 Å². The molecule has 0 bridgehead atoms. The molecule has 1 aliphatic rings. The van der Waals surface area contributed by atoms with Gasteiger partial charge in [-0.25, -0.2) is 4.68 Å². The average Bonchev–Trinajstić information content (AvgIpc) is 3.14. The Labute approximate surface area is 157 Å². The topological polar surface area (TPSA) is 56.6 Å². The summed E-state index contributed by atoms with van der Waals surface area (Å²) >= 11 is 0. The van der Waals surface area contributed by atoms with Gasteiger partial charge in [0.15, 0.2) is 0 Å². The quantitative estimate of drug-likeness (QED) is 0.699. The van der Waals surface area contributed by atoms with Crippen LogP contribution in [0.15, 0.2) is 60.9 Å². The van der Waals surface area contributed by atoms with E-state index in [1.165, 1.54) is 0 Å². The van der Waals surface area contributed by atoms with E-state index in [1.807, 2.05) is 55.5 Å². The molecule has 1 amide bonds. The summed E-state index contributed by atoms with van der Waals surface area (Å²) in [6, 6.07) is 15.5. The molecule has 0 aliphatic carbocycles. The van der Waals surface area contributed by atoms with Crippen molar-refractivity contribution in [2.24, 2.45) is 0 Å². The second-order valence-corrected chi connectivity index (χ2v) is 6.61. The molecule has 1 aromatic heterocycles. The Balaban J connectivity index is 1.39. The molecule has 3 aromatic rings. The SMILES string of the molecule is COc1ccccc1-n1cc(C(=O)N2CC(Oc3cccc(C)c3)C2)cn1. The van der Waals surface area contributed by atoms with Gasteiger partial charge in [-0.05, 0) is 36.8 Å². The molecule has 0 atom stereocenters. The highest BCUT2D eigenvalue weighted by molar-refractivity contribution is 5.94. The van der Waals surface area contributed by atoms with E-state index in [0.29, 0.717) is 24.4 Å². The van der Waals surface area contributed by atoms with Crippen molar-refractivity contribution in [3.05, 3.63) is 72.1 Å². The van der Waals surface area contributed by atoms with Gasteiger partial charge in [0, 0.05) is 6.20 Å². The minimum absolute atomic E-state index is 0.0278. The van der Waals surface area contributed by atoms with Gasteiger partial charge in [0.05, 0.1) is 32.0 Å². The van der Waals surface area contributed by atoms with Crippen molar-refractivity contribution in [1.82, 2.24) is 14.7 Å². The van der Waals surface area contributed by atoms with Crippen LogP contribution in [0.1, 0.15) is 15.9 Å². The fourth-order valence-electron chi connectivity index (χ4n) is 3.13. The van der Waals surface area contributed by atoms with Crippen molar-refractivity contribution in [3.63, 3.8) is 0 Å². The number of hydrogen-bond donors (Lipinski definition) is 0. The molecule has 6 heteroatoms. The molecule has 1 fully saturated rings. The van der Waals surface area contributed by atoms with Crippen molar-refractivity contribution < 1.29 is 14.3 Å². The minimum Gasteiger partial charge on any atom is -0.494 e. The van der Waals surface area contributed by atoms with Gasteiger partial charge < -0.3 is 14.4 Å². The number of amides is 1. The Morgan fingerprint density at radius 3 is 2.74 bits per heavy atom. The number of aryl methyl sites for hydroxylation is 1. The van der Waals surface area contributed by atoms with Crippen molar-refractivity contribution in [2.75, 3.05) is 20.2 Å². The lowest BCUT2D eigenvalue weighted by Gasteiger charge is -2.38. The molecule has 0 unspecified atom stereocenters. The number of ether oxygens (including phenoxy) is 2. The minimum atomic E-state index is -0.0414. The van der Waals surface area contributed by atoms with Crippen molar-refractivity contribution >= 4 is 5.91 Å². The number of carbonyl (C=O) groups is 1. The fourth-order valence-corrected chi connectivity index (χ4v) is 3.13. The summed E-state index contributed by atoms with van der Waals surface area (Å²) in [4.78, 5) is 14.4. The molecule has 0 spiro atoms. The highest BCUT2D eigenvalue weighted by Crippen LogP contribution is 2.23. The molecule has 2 aromatic carbocycles. The summed E-state index contributed by atoms with van der Waals surface area (Å²) in [5.74, 6) is 1.51. The highest BCUT2D eigenvalue weighted by atomic mass is 16.5. The summed E-state index contributed by atoms with van der Waals surface area (Å²) in [5, 5.41) is 4.31. The van der Waals surface area contributed by atoms with Crippen LogP contribution in [0.25, 0.3) is 5.69 Å². The number of rotatable bonds is 5. The van der Waals surface area contributed by atoms with Crippen LogP contribution < -0.4 is 9.47 Å². The number of para-hydroxylation sites is 2. The molecular formula is C21H21N3O3. The molecule has 1 aliphatic heterocycles. The number of carbonyl (C=O) groups excluding carboxylic acids is 1. The third-order valence-corrected chi connectivity index (χ3v) is 4.59. The molecular weight excluding hydrogens is 342 g/mol. The summed E-state index contributed by atoms with van der Waals surface area (Å²) in [7, 11) is 1.61. The molecule has 2 heterocycles. The number of hydrogen-bond acceptors (Lipinski definition) is 4. The summed E-state index contributed by atoms with van der Waals surface area (Å²) in [6.45, 7) is 3.18. The zero-order valence-corrected chi connectivity index (χ0v) is 15.3. The van der Waals surface area contributed by atoms with E-state index < -0.39 is 0 Å². The molecule has 6 nitrogen and oxygen atoms in total. The van der Waals surface area contributed by atoms with Crippen molar-refractivity contribution in [3.8, 4) is 17.2 Å². The van der Waals surface area contributed by atoms with E-state index in [2.05, 4.69) is 5.10 Å². The number of methoxy groups -OCH3 is 1. The van der Waals surface area contributed by atoms with E-state index in [1.54, 1.807) is 29.1 Å². The van der Waals surface area contributed by atoms with Gasteiger partial charge in [-0.1, -0.05) is 24.3 Å². The van der Waals surface area contributed by atoms with Gasteiger partial charge in [0.2, 0.25) is 0 Å². The monoisotopic (exact) mass is 363 g/mol. The highest BCUT2D eigenvalue weighted by Gasteiger charge is 2.33. The maximum atomic E-state index is 12.7. The zero-order chi connectivity index (χ0) is 18.8. The predicted octanol–water partition coefficient (Wildman–Crippen LogP) is 3.09. The molecule has 0 N–H and O–H groups in total. The van der Waals surface area contributed by atoms with Crippen molar-refractivity contribution in [2.45, 2.75) is 13.0 Å². The standard InChI is InChI=1S/C21H21N3O3/c1-15-6-5-7-17(10-15)27-18-13-23(14-18)21(25)16-11-22-24(12-16)19-8-3-4-9-20(19)26-2/h3-12,18H,13-14H2,1-2H3. The summed E-state index contributed by atoms with van der Waals surface area (Å²) in [6.07, 6.45) is 3.35. The lowest BCUT2D eigenvalue weighted by Crippen LogP contribution is -2.56. The maximum absolute atomic E-state index is 12.7. The van der Waals surface area contributed by atoms with Gasteiger partial charge >= 0.3 is 0 Å². The lowest BCUT2D eigenvalue weighted by atomic mass is 10.1. The Hall–Kier alpha value is -3.28. The molecule has 1 saturated heterocycles. The fraction of sp³-hybridized carbons (Fsp3) is 0.238. The molecule has 4 rings (SSSR count). The zero-order valence-electron chi connectivity index (χ0n) is 15.3. The number of benzene rings is 2. The smallest absolute Gasteiger partial charge is 0.257 e. The van der Waals surface area contributed by atoms with E-state index in [9.17, 15) is 4.79 Å². The number of aromatic nitrogens is 2. The first-order valence-electron chi connectivity index (χ1n) is 8.84. The van der Waals surface area contributed by atoms with Crippen LogP contribution >= 0.6 is 0 Å². The summed E-state index contributed by atoms with van der Waals surface area (Å²) < 4.78 is 12.9. The van der Waals surface area contributed by atoms with Crippen LogP contribution in [0.3, 0.4) is 0 Å². The Morgan fingerprint density at radius 1 is 1.15 bits per heavy atom. The molecule has 27 heavy (non-hydrogen) atoms. The van der Waals surface area contributed by atoms with Crippen LogP contribution in [0.5, 0.6) is 11.5 Å². The van der Waals surface area contributed by atoms with E-state index >= 15 is 0 Å².